The molecule has 0 saturated heterocycles. The normalized spacial score (nSPS) is 12.4. The minimum atomic E-state index is -3.59. The number of benzene rings is 1. The third-order valence-corrected chi connectivity index (χ3v) is 4.40. The number of halogens is 1. The maximum Gasteiger partial charge on any atom is 0.243 e. The third-order valence-electron chi connectivity index (χ3n) is 2.37. The zero-order valence-corrected chi connectivity index (χ0v) is 10.3. The number of anilines is 1. The Bertz CT molecular complexity index is 486. The van der Waals surface area contributed by atoms with E-state index in [1.54, 1.807) is 13.8 Å². The van der Waals surface area contributed by atoms with Crippen molar-refractivity contribution in [2.45, 2.75) is 24.8 Å². The minimum Gasteiger partial charge on any atom is -0.396 e. The van der Waals surface area contributed by atoms with Gasteiger partial charge in [-0.25, -0.2) is 12.8 Å². The van der Waals surface area contributed by atoms with Crippen molar-refractivity contribution in [3.63, 3.8) is 0 Å². The van der Waals surface area contributed by atoms with E-state index >= 15 is 0 Å². The van der Waals surface area contributed by atoms with Crippen LogP contribution in [0.5, 0.6) is 0 Å². The fraction of sp³-hybridized carbons (Fsp3) is 0.400. The number of hydrogen-bond donors (Lipinski definition) is 1. The highest BCUT2D eigenvalue weighted by Crippen LogP contribution is 2.20. The molecule has 1 rings (SSSR count). The Kier molecular flexibility index (Phi) is 3.54. The van der Waals surface area contributed by atoms with E-state index in [0.717, 1.165) is 12.1 Å². The standard InChI is InChI=1S/C10H15FN2O2S/c1-7(2)13(3)16(14,15)8-4-5-9(11)10(12)6-8/h4-7H,12H2,1-3H3. The maximum atomic E-state index is 12.9. The molecule has 0 unspecified atom stereocenters. The van der Waals surface area contributed by atoms with E-state index in [4.69, 9.17) is 5.73 Å². The van der Waals surface area contributed by atoms with Gasteiger partial charge in [0.15, 0.2) is 0 Å². The Morgan fingerprint density at radius 3 is 2.38 bits per heavy atom. The summed E-state index contributed by atoms with van der Waals surface area (Å²) in [4.78, 5) is 0.00241. The molecule has 16 heavy (non-hydrogen) atoms. The Morgan fingerprint density at radius 1 is 1.38 bits per heavy atom. The van der Waals surface area contributed by atoms with Gasteiger partial charge in [0, 0.05) is 13.1 Å². The molecule has 6 heteroatoms. The SMILES string of the molecule is CC(C)N(C)S(=O)(=O)c1ccc(F)c(N)c1. The van der Waals surface area contributed by atoms with Crippen LogP contribution in [0, 0.1) is 5.82 Å². The molecule has 0 aliphatic heterocycles. The second-order valence-electron chi connectivity index (χ2n) is 3.80. The summed E-state index contributed by atoms with van der Waals surface area (Å²) in [5.41, 5.74) is 5.17. The Morgan fingerprint density at radius 2 is 1.94 bits per heavy atom. The van der Waals surface area contributed by atoms with E-state index < -0.39 is 15.8 Å². The topological polar surface area (TPSA) is 63.4 Å². The van der Waals surface area contributed by atoms with Gasteiger partial charge in [0.2, 0.25) is 10.0 Å². The molecule has 1 aromatic carbocycles. The van der Waals surface area contributed by atoms with Crippen molar-refractivity contribution in [2.75, 3.05) is 12.8 Å². The summed E-state index contributed by atoms with van der Waals surface area (Å²) in [6.07, 6.45) is 0. The quantitative estimate of drug-likeness (QED) is 0.821. The van der Waals surface area contributed by atoms with Crippen LogP contribution < -0.4 is 5.73 Å². The molecule has 0 radical (unpaired) electrons. The molecular formula is C10H15FN2O2S. The number of sulfonamides is 1. The summed E-state index contributed by atoms with van der Waals surface area (Å²) in [7, 11) is -2.12. The van der Waals surface area contributed by atoms with Gasteiger partial charge >= 0.3 is 0 Å². The van der Waals surface area contributed by atoms with Crippen molar-refractivity contribution in [1.82, 2.24) is 4.31 Å². The van der Waals surface area contributed by atoms with Gasteiger partial charge < -0.3 is 5.73 Å². The molecular weight excluding hydrogens is 231 g/mol. The first-order chi connectivity index (χ1) is 7.26. The average molecular weight is 246 g/mol. The third kappa shape index (κ3) is 2.33. The van der Waals surface area contributed by atoms with Crippen LogP contribution in [-0.4, -0.2) is 25.8 Å². The second-order valence-corrected chi connectivity index (χ2v) is 5.80. The first kappa shape index (κ1) is 12.9. The number of nitrogen functional groups attached to an aromatic ring is 1. The molecule has 0 atom stereocenters. The maximum absolute atomic E-state index is 12.9. The second kappa shape index (κ2) is 4.39. The summed E-state index contributed by atoms with van der Waals surface area (Å²) in [6, 6.07) is 3.22. The number of nitrogens with zero attached hydrogens (tertiary/aromatic N) is 1. The van der Waals surface area contributed by atoms with Crippen molar-refractivity contribution in [2.24, 2.45) is 0 Å². The van der Waals surface area contributed by atoms with Crippen LogP contribution in [-0.2, 0) is 10.0 Å². The van der Waals surface area contributed by atoms with E-state index in [-0.39, 0.29) is 16.6 Å². The number of nitrogens with two attached hydrogens (primary N) is 1. The van der Waals surface area contributed by atoms with Crippen LogP contribution >= 0.6 is 0 Å². The van der Waals surface area contributed by atoms with Gasteiger partial charge in [-0.15, -0.1) is 0 Å². The summed E-state index contributed by atoms with van der Waals surface area (Å²) < 4.78 is 38.1. The Balaban J connectivity index is 3.23. The molecule has 0 aromatic heterocycles. The molecule has 0 fully saturated rings. The summed E-state index contributed by atoms with van der Waals surface area (Å²) >= 11 is 0. The fourth-order valence-corrected chi connectivity index (χ4v) is 2.53. The van der Waals surface area contributed by atoms with E-state index in [1.807, 2.05) is 0 Å². The van der Waals surface area contributed by atoms with Crippen molar-refractivity contribution in [3.05, 3.63) is 24.0 Å². The molecule has 0 bridgehead atoms. The smallest absolute Gasteiger partial charge is 0.243 e. The summed E-state index contributed by atoms with van der Waals surface area (Å²) in [5.74, 6) is -0.619. The van der Waals surface area contributed by atoms with E-state index in [9.17, 15) is 12.8 Å². The first-order valence-corrected chi connectivity index (χ1v) is 6.24. The van der Waals surface area contributed by atoms with Crippen LogP contribution in [0.3, 0.4) is 0 Å². The van der Waals surface area contributed by atoms with E-state index in [0.29, 0.717) is 0 Å². The molecule has 2 N–H and O–H groups in total. The zero-order chi connectivity index (χ0) is 12.5. The predicted octanol–water partition coefficient (Wildman–Crippen LogP) is 1.44. The molecule has 4 nitrogen and oxygen atoms in total. The molecule has 90 valence electrons. The van der Waals surface area contributed by atoms with Gasteiger partial charge in [-0.2, -0.15) is 4.31 Å². The molecule has 1 aromatic rings. The van der Waals surface area contributed by atoms with Crippen LogP contribution in [0.4, 0.5) is 10.1 Å². The van der Waals surface area contributed by atoms with Gasteiger partial charge in [-0.05, 0) is 32.0 Å². The van der Waals surface area contributed by atoms with Gasteiger partial charge in [-0.1, -0.05) is 0 Å². The summed E-state index contributed by atoms with van der Waals surface area (Å²) in [5, 5.41) is 0. The number of hydrogen-bond acceptors (Lipinski definition) is 3. The van der Waals surface area contributed by atoms with Gasteiger partial charge in [0.25, 0.3) is 0 Å². The monoisotopic (exact) mass is 246 g/mol. The first-order valence-electron chi connectivity index (χ1n) is 4.80. The van der Waals surface area contributed by atoms with Crippen LogP contribution in [0.15, 0.2) is 23.1 Å². The highest BCUT2D eigenvalue weighted by Gasteiger charge is 2.23. The van der Waals surface area contributed by atoms with E-state index in [2.05, 4.69) is 0 Å². The van der Waals surface area contributed by atoms with Crippen molar-refractivity contribution in [1.29, 1.82) is 0 Å². The lowest BCUT2D eigenvalue weighted by Crippen LogP contribution is -2.33. The summed E-state index contributed by atoms with van der Waals surface area (Å²) in [6.45, 7) is 3.51. The molecule has 0 spiro atoms. The highest BCUT2D eigenvalue weighted by molar-refractivity contribution is 7.89. The molecule has 0 heterocycles. The lowest BCUT2D eigenvalue weighted by Gasteiger charge is -2.21. The Labute approximate surface area is 94.9 Å². The van der Waals surface area contributed by atoms with Crippen molar-refractivity contribution < 1.29 is 12.8 Å². The van der Waals surface area contributed by atoms with Gasteiger partial charge in [0.1, 0.15) is 5.82 Å². The fourth-order valence-electron chi connectivity index (χ4n) is 1.13. The van der Waals surface area contributed by atoms with E-state index in [1.165, 1.54) is 17.4 Å². The van der Waals surface area contributed by atoms with Crippen molar-refractivity contribution in [3.8, 4) is 0 Å². The van der Waals surface area contributed by atoms with Crippen LogP contribution in [0.1, 0.15) is 13.8 Å². The molecule has 0 aliphatic rings. The number of rotatable bonds is 3. The average Bonchev–Trinajstić information content (AvgIpc) is 2.20. The lowest BCUT2D eigenvalue weighted by molar-refractivity contribution is 0.410. The van der Waals surface area contributed by atoms with Crippen molar-refractivity contribution >= 4 is 15.7 Å². The van der Waals surface area contributed by atoms with Gasteiger partial charge in [-0.3, -0.25) is 0 Å². The highest BCUT2D eigenvalue weighted by atomic mass is 32.2. The molecule has 0 aliphatic carbocycles. The molecule has 0 saturated carbocycles. The predicted molar refractivity (Wildman–Crippen MR) is 60.9 cm³/mol. The lowest BCUT2D eigenvalue weighted by atomic mass is 10.3. The minimum absolute atomic E-state index is 0.00241. The Hall–Kier alpha value is -1.14. The van der Waals surface area contributed by atoms with Gasteiger partial charge in [0.05, 0.1) is 10.6 Å². The van der Waals surface area contributed by atoms with Crippen LogP contribution in [0.2, 0.25) is 0 Å². The van der Waals surface area contributed by atoms with Crippen LogP contribution in [0.25, 0.3) is 0 Å². The largest absolute Gasteiger partial charge is 0.396 e. The molecule has 0 amide bonds. The zero-order valence-electron chi connectivity index (χ0n) is 9.44.